The first-order chi connectivity index (χ1) is 15.3. The molecule has 3 aromatic rings. The minimum Gasteiger partial charge on any atom is -0.494 e. The van der Waals surface area contributed by atoms with E-state index in [9.17, 15) is 0 Å². The second-order valence-electron chi connectivity index (χ2n) is 8.23. The zero-order valence-electron chi connectivity index (χ0n) is 17.8. The van der Waals surface area contributed by atoms with E-state index in [4.69, 9.17) is 4.74 Å². The summed E-state index contributed by atoms with van der Waals surface area (Å²) in [5.74, 6) is 0.922. The molecule has 1 saturated heterocycles. The summed E-state index contributed by atoms with van der Waals surface area (Å²) >= 11 is 1.83. The van der Waals surface area contributed by atoms with Crippen LogP contribution in [-0.4, -0.2) is 44.2 Å². The highest BCUT2D eigenvalue weighted by atomic mass is 32.1. The van der Waals surface area contributed by atoms with Gasteiger partial charge in [-0.15, -0.1) is 11.3 Å². The molecule has 0 atom stereocenters. The highest BCUT2D eigenvalue weighted by molar-refractivity contribution is 7.17. The topological polar surface area (TPSA) is 27.7 Å². The van der Waals surface area contributed by atoms with E-state index < -0.39 is 0 Å². The van der Waals surface area contributed by atoms with Crippen molar-refractivity contribution < 1.29 is 4.74 Å². The fraction of sp³-hybridized carbons (Fsp3) is 0.308. The van der Waals surface area contributed by atoms with E-state index in [0.717, 1.165) is 62.9 Å². The van der Waals surface area contributed by atoms with E-state index in [1.165, 1.54) is 27.8 Å². The lowest BCUT2D eigenvalue weighted by Crippen LogP contribution is -2.46. The number of hydrogen-bond donors (Lipinski definition) is 1. The summed E-state index contributed by atoms with van der Waals surface area (Å²) in [5.41, 5.74) is 4.55. The average molecular weight is 432 g/mol. The lowest BCUT2D eigenvalue weighted by molar-refractivity contribution is 0.239. The number of nitrogens with one attached hydrogen (secondary N) is 1. The highest BCUT2D eigenvalue weighted by Crippen LogP contribution is 2.31. The van der Waals surface area contributed by atoms with Gasteiger partial charge in [-0.1, -0.05) is 18.7 Å². The number of anilines is 2. The number of hydrogen-bond acceptors (Lipinski definition) is 5. The molecule has 0 unspecified atom stereocenters. The van der Waals surface area contributed by atoms with Gasteiger partial charge in [0, 0.05) is 59.4 Å². The van der Waals surface area contributed by atoms with Crippen LogP contribution >= 0.6 is 11.3 Å². The van der Waals surface area contributed by atoms with Crippen LogP contribution in [0.15, 0.2) is 66.2 Å². The van der Waals surface area contributed by atoms with Crippen molar-refractivity contribution in [3.8, 4) is 5.75 Å². The van der Waals surface area contributed by atoms with Crippen LogP contribution in [0.1, 0.15) is 18.4 Å². The molecule has 31 heavy (non-hydrogen) atoms. The molecule has 1 fully saturated rings. The van der Waals surface area contributed by atoms with Gasteiger partial charge in [0.2, 0.25) is 0 Å². The number of ether oxygens (including phenoxy) is 1. The molecule has 2 aliphatic rings. The minimum absolute atomic E-state index is 0.760. The summed E-state index contributed by atoms with van der Waals surface area (Å²) in [6, 6.07) is 15.1. The molecule has 160 valence electrons. The Morgan fingerprint density at radius 1 is 1.00 bits per heavy atom. The van der Waals surface area contributed by atoms with Crippen molar-refractivity contribution in [3.05, 3.63) is 71.8 Å². The number of unbranched alkanes of at least 4 members (excludes halogenated alkanes) is 1. The van der Waals surface area contributed by atoms with Crippen LogP contribution in [0, 0.1) is 0 Å². The normalized spacial score (nSPS) is 16.4. The molecule has 1 aromatic heterocycles. The number of piperazine rings is 1. The Labute approximate surface area is 188 Å². The predicted molar refractivity (Wildman–Crippen MR) is 133 cm³/mol. The molecule has 0 spiro atoms. The maximum atomic E-state index is 5.99. The fourth-order valence-corrected chi connectivity index (χ4v) is 5.18. The van der Waals surface area contributed by atoms with E-state index in [1.54, 1.807) is 0 Å². The molecule has 0 amide bonds. The van der Waals surface area contributed by atoms with Crippen LogP contribution in [0.3, 0.4) is 0 Å². The lowest BCUT2D eigenvalue weighted by atomic mass is 10.1. The maximum absolute atomic E-state index is 5.99. The Bertz CT molecular complexity index is 1090. The molecule has 0 aliphatic carbocycles. The summed E-state index contributed by atoms with van der Waals surface area (Å²) in [6.07, 6.45) is 6.32. The first kappa shape index (κ1) is 20.2. The third-order valence-corrected chi connectivity index (χ3v) is 6.99. The number of fused-ring (bicyclic) bond motifs is 2. The van der Waals surface area contributed by atoms with Crippen LogP contribution in [0.5, 0.6) is 5.75 Å². The van der Waals surface area contributed by atoms with Crippen LogP contribution in [0.25, 0.3) is 16.2 Å². The molecule has 0 bridgehead atoms. The van der Waals surface area contributed by atoms with E-state index in [1.807, 2.05) is 23.5 Å². The number of allylic oxidation sites excluding steroid dienone is 1. The lowest BCUT2D eigenvalue weighted by Gasteiger charge is -2.36. The Morgan fingerprint density at radius 2 is 1.90 bits per heavy atom. The van der Waals surface area contributed by atoms with Gasteiger partial charge in [0.1, 0.15) is 5.75 Å². The molecule has 4 nitrogen and oxygen atoms in total. The van der Waals surface area contributed by atoms with Gasteiger partial charge in [0.05, 0.1) is 6.61 Å². The number of rotatable bonds is 7. The highest BCUT2D eigenvalue weighted by Gasteiger charge is 2.18. The second-order valence-corrected chi connectivity index (χ2v) is 9.17. The van der Waals surface area contributed by atoms with Gasteiger partial charge in [0.15, 0.2) is 0 Å². The Morgan fingerprint density at radius 3 is 2.81 bits per heavy atom. The SMILES string of the molecule is C=C1C=Cc2ccc(OCCCCN3CCN(c4cccc5sccc45)CC3)cc2N1. The van der Waals surface area contributed by atoms with Crippen LogP contribution < -0.4 is 15.0 Å². The Balaban J connectivity index is 1.04. The van der Waals surface area contributed by atoms with Gasteiger partial charge in [-0.25, -0.2) is 0 Å². The molecular formula is C26H29N3OS. The van der Waals surface area contributed by atoms with E-state index in [-0.39, 0.29) is 0 Å². The quantitative estimate of drug-likeness (QED) is 0.476. The van der Waals surface area contributed by atoms with Crippen molar-refractivity contribution >= 4 is 38.9 Å². The van der Waals surface area contributed by atoms with Crippen molar-refractivity contribution in [2.24, 2.45) is 0 Å². The van der Waals surface area contributed by atoms with E-state index in [2.05, 4.69) is 69.5 Å². The fourth-order valence-electron chi connectivity index (χ4n) is 4.38. The molecule has 5 rings (SSSR count). The van der Waals surface area contributed by atoms with Gasteiger partial charge >= 0.3 is 0 Å². The van der Waals surface area contributed by atoms with Crippen LogP contribution in [-0.2, 0) is 0 Å². The first-order valence-electron chi connectivity index (χ1n) is 11.1. The summed E-state index contributed by atoms with van der Waals surface area (Å²) in [4.78, 5) is 5.13. The molecule has 5 heteroatoms. The zero-order valence-corrected chi connectivity index (χ0v) is 18.7. The monoisotopic (exact) mass is 431 g/mol. The minimum atomic E-state index is 0.760. The van der Waals surface area contributed by atoms with Crippen molar-refractivity contribution in [1.82, 2.24) is 4.90 Å². The molecule has 2 aromatic carbocycles. The van der Waals surface area contributed by atoms with Crippen molar-refractivity contribution in [1.29, 1.82) is 0 Å². The average Bonchev–Trinajstić information content (AvgIpc) is 3.28. The number of benzene rings is 2. The van der Waals surface area contributed by atoms with Gasteiger partial charge in [-0.2, -0.15) is 0 Å². The Hall–Kier alpha value is -2.76. The van der Waals surface area contributed by atoms with Crippen molar-refractivity contribution in [2.45, 2.75) is 12.8 Å². The largest absolute Gasteiger partial charge is 0.494 e. The molecular weight excluding hydrogens is 402 g/mol. The van der Waals surface area contributed by atoms with Crippen LogP contribution in [0.4, 0.5) is 11.4 Å². The van der Waals surface area contributed by atoms with Gasteiger partial charge in [0.25, 0.3) is 0 Å². The molecule has 0 saturated carbocycles. The summed E-state index contributed by atoms with van der Waals surface area (Å²) in [7, 11) is 0. The van der Waals surface area contributed by atoms with Gasteiger partial charge in [-0.3, -0.25) is 4.90 Å². The number of nitrogens with zero attached hydrogens (tertiary/aromatic N) is 2. The summed E-state index contributed by atoms with van der Waals surface area (Å²) < 4.78 is 7.37. The maximum Gasteiger partial charge on any atom is 0.121 e. The third kappa shape index (κ3) is 4.63. The summed E-state index contributed by atoms with van der Waals surface area (Å²) in [5, 5.41) is 6.89. The molecule has 3 heterocycles. The van der Waals surface area contributed by atoms with Crippen molar-refractivity contribution in [3.63, 3.8) is 0 Å². The van der Waals surface area contributed by atoms with E-state index in [0.29, 0.717) is 0 Å². The van der Waals surface area contributed by atoms with Gasteiger partial charge < -0.3 is 15.0 Å². The summed E-state index contributed by atoms with van der Waals surface area (Å²) in [6.45, 7) is 10.3. The van der Waals surface area contributed by atoms with Crippen LogP contribution in [0.2, 0.25) is 0 Å². The second kappa shape index (κ2) is 9.16. The molecule has 2 aliphatic heterocycles. The van der Waals surface area contributed by atoms with Gasteiger partial charge in [-0.05, 0) is 66.7 Å². The number of thiophene rings is 1. The first-order valence-corrected chi connectivity index (χ1v) is 12.0. The third-order valence-electron chi connectivity index (χ3n) is 6.11. The van der Waals surface area contributed by atoms with E-state index >= 15 is 0 Å². The Kier molecular flexibility index (Phi) is 5.96. The zero-order chi connectivity index (χ0) is 21.0. The predicted octanol–water partition coefficient (Wildman–Crippen LogP) is 5.83. The smallest absolute Gasteiger partial charge is 0.121 e. The molecule has 1 N–H and O–H groups in total. The van der Waals surface area contributed by atoms with Crippen molar-refractivity contribution in [2.75, 3.05) is 49.5 Å². The molecule has 0 radical (unpaired) electrons. The standard InChI is InChI=1S/C26H29N3OS/c1-20-7-8-21-9-10-22(19-24(21)27-20)30-17-3-2-12-28-13-15-29(16-14-28)25-5-4-6-26-23(25)11-18-31-26/h4-11,18-19,27H,1-3,12-17H2.